The highest BCUT2D eigenvalue weighted by Gasteiger charge is 2.10. The molecule has 2 aromatic rings. The zero-order valence-electron chi connectivity index (χ0n) is 11.8. The number of nitrogens with two attached hydrogens (primary N) is 1. The van der Waals surface area contributed by atoms with E-state index < -0.39 is 6.04 Å². The third kappa shape index (κ3) is 3.45. The molecule has 5 heteroatoms. The number of nitrogens with one attached hydrogen (secondary N) is 2. The highest BCUT2D eigenvalue weighted by atomic mass is 16.2. The molecule has 20 heavy (non-hydrogen) atoms. The van der Waals surface area contributed by atoms with E-state index in [1.54, 1.807) is 13.0 Å². The number of hydrogen-bond donors (Lipinski definition) is 3. The normalized spacial score (nSPS) is 12.2. The number of carbonyl (C=O) groups excluding carboxylic acids is 1. The van der Waals surface area contributed by atoms with Crippen LogP contribution in [0.1, 0.15) is 25.8 Å². The number of benzene rings is 1. The summed E-state index contributed by atoms with van der Waals surface area (Å²) in [6.07, 6.45) is 2.22. The summed E-state index contributed by atoms with van der Waals surface area (Å²) in [7, 11) is 0. The number of H-pyrrole nitrogens is 1. The first-order valence-electron chi connectivity index (χ1n) is 6.81. The Hall–Kier alpha value is -2.14. The summed E-state index contributed by atoms with van der Waals surface area (Å²) in [5.41, 5.74) is 8.73. The zero-order valence-corrected chi connectivity index (χ0v) is 11.8. The number of aromatic nitrogens is 2. The Morgan fingerprint density at radius 2 is 2.10 bits per heavy atom. The Balaban J connectivity index is 2.10. The molecule has 0 aliphatic carbocycles. The standard InChI is InChI=1S/C15H20N4O/c1-3-4-11-5-7-12(8-6-11)13-9-14(19-18-13)17-15(20)10(2)16/h5-10H,3-4,16H2,1-2H3,(H2,17,18,19,20). The topological polar surface area (TPSA) is 83.8 Å². The van der Waals surface area contributed by atoms with Gasteiger partial charge in [0.15, 0.2) is 5.82 Å². The Labute approximate surface area is 118 Å². The zero-order chi connectivity index (χ0) is 14.5. The second-order valence-electron chi connectivity index (χ2n) is 4.89. The van der Waals surface area contributed by atoms with Crippen molar-refractivity contribution in [2.24, 2.45) is 5.73 Å². The van der Waals surface area contributed by atoms with E-state index in [2.05, 4.69) is 46.7 Å². The minimum absolute atomic E-state index is 0.249. The van der Waals surface area contributed by atoms with Crippen molar-refractivity contribution in [3.05, 3.63) is 35.9 Å². The lowest BCUT2D eigenvalue weighted by molar-refractivity contribution is -0.117. The van der Waals surface area contributed by atoms with Gasteiger partial charge in [-0.05, 0) is 24.5 Å². The monoisotopic (exact) mass is 272 g/mol. The van der Waals surface area contributed by atoms with Gasteiger partial charge in [-0.1, -0.05) is 37.6 Å². The molecule has 0 aliphatic heterocycles. The van der Waals surface area contributed by atoms with Crippen LogP contribution in [0.2, 0.25) is 0 Å². The minimum Gasteiger partial charge on any atom is -0.320 e. The van der Waals surface area contributed by atoms with Gasteiger partial charge < -0.3 is 11.1 Å². The third-order valence-corrected chi connectivity index (χ3v) is 3.05. The van der Waals surface area contributed by atoms with E-state index in [9.17, 15) is 4.79 Å². The van der Waals surface area contributed by atoms with Crippen molar-refractivity contribution in [3.63, 3.8) is 0 Å². The summed E-state index contributed by atoms with van der Waals surface area (Å²) in [5, 5.41) is 9.63. The number of rotatable bonds is 5. The first-order chi connectivity index (χ1) is 9.60. The molecule has 0 fully saturated rings. The maximum Gasteiger partial charge on any atom is 0.242 e. The van der Waals surface area contributed by atoms with Gasteiger partial charge in [-0.3, -0.25) is 9.89 Å². The van der Waals surface area contributed by atoms with Crippen molar-refractivity contribution in [3.8, 4) is 11.3 Å². The van der Waals surface area contributed by atoms with Gasteiger partial charge in [0.05, 0.1) is 11.7 Å². The molecule has 5 nitrogen and oxygen atoms in total. The van der Waals surface area contributed by atoms with Crippen molar-refractivity contribution in [1.29, 1.82) is 0 Å². The molecule has 2 rings (SSSR count). The predicted molar refractivity (Wildman–Crippen MR) is 80.3 cm³/mol. The van der Waals surface area contributed by atoms with E-state index in [-0.39, 0.29) is 5.91 Å². The number of amides is 1. The Kier molecular flexibility index (Phi) is 4.53. The van der Waals surface area contributed by atoms with Gasteiger partial charge in [0, 0.05) is 6.07 Å². The molecule has 1 unspecified atom stereocenters. The molecule has 1 heterocycles. The summed E-state index contributed by atoms with van der Waals surface area (Å²) >= 11 is 0. The van der Waals surface area contributed by atoms with Crippen LogP contribution in [0.3, 0.4) is 0 Å². The van der Waals surface area contributed by atoms with E-state index in [1.807, 2.05) is 0 Å². The van der Waals surface area contributed by atoms with Crippen LogP contribution in [0.15, 0.2) is 30.3 Å². The highest BCUT2D eigenvalue weighted by molar-refractivity contribution is 5.93. The van der Waals surface area contributed by atoms with E-state index in [1.165, 1.54) is 5.56 Å². The summed E-state index contributed by atoms with van der Waals surface area (Å²) in [6.45, 7) is 3.80. The van der Waals surface area contributed by atoms with E-state index in [4.69, 9.17) is 5.73 Å². The molecule has 0 bridgehead atoms. The van der Waals surface area contributed by atoms with Crippen molar-refractivity contribution >= 4 is 11.7 Å². The fraction of sp³-hybridized carbons (Fsp3) is 0.333. The summed E-state index contributed by atoms with van der Waals surface area (Å²) in [4.78, 5) is 11.5. The van der Waals surface area contributed by atoms with Crippen LogP contribution >= 0.6 is 0 Å². The van der Waals surface area contributed by atoms with Gasteiger partial charge in [-0.25, -0.2) is 0 Å². The molecule has 0 saturated heterocycles. The number of anilines is 1. The first-order valence-corrected chi connectivity index (χ1v) is 6.81. The van der Waals surface area contributed by atoms with E-state index in [0.717, 1.165) is 24.1 Å². The van der Waals surface area contributed by atoms with Crippen LogP contribution in [0.4, 0.5) is 5.82 Å². The van der Waals surface area contributed by atoms with Crippen molar-refractivity contribution in [2.45, 2.75) is 32.7 Å². The van der Waals surface area contributed by atoms with Gasteiger partial charge in [-0.2, -0.15) is 5.10 Å². The SMILES string of the molecule is CCCc1ccc(-c2cc(NC(=O)C(C)N)n[nH]2)cc1. The van der Waals surface area contributed by atoms with Gasteiger partial charge in [-0.15, -0.1) is 0 Å². The molecule has 1 atom stereocenters. The van der Waals surface area contributed by atoms with Gasteiger partial charge in [0.25, 0.3) is 0 Å². The van der Waals surface area contributed by atoms with Crippen molar-refractivity contribution < 1.29 is 4.79 Å². The highest BCUT2D eigenvalue weighted by Crippen LogP contribution is 2.20. The molecule has 106 valence electrons. The van der Waals surface area contributed by atoms with Gasteiger partial charge >= 0.3 is 0 Å². The van der Waals surface area contributed by atoms with Gasteiger partial charge in [0.1, 0.15) is 0 Å². The molecule has 4 N–H and O–H groups in total. The average Bonchev–Trinajstić information content (AvgIpc) is 2.88. The van der Waals surface area contributed by atoms with Crippen molar-refractivity contribution in [1.82, 2.24) is 10.2 Å². The van der Waals surface area contributed by atoms with Crippen LogP contribution in [0.25, 0.3) is 11.3 Å². The molecular weight excluding hydrogens is 252 g/mol. The molecule has 0 spiro atoms. The fourth-order valence-corrected chi connectivity index (χ4v) is 1.91. The predicted octanol–water partition coefficient (Wildman–Crippen LogP) is 2.31. The van der Waals surface area contributed by atoms with Gasteiger partial charge in [0.2, 0.25) is 5.91 Å². The molecule has 1 aromatic heterocycles. The molecular formula is C15H20N4O. The number of aryl methyl sites for hydroxylation is 1. The minimum atomic E-state index is -0.552. The fourth-order valence-electron chi connectivity index (χ4n) is 1.91. The molecule has 1 amide bonds. The maximum atomic E-state index is 11.5. The van der Waals surface area contributed by atoms with Crippen molar-refractivity contribution in [2.75, 3.05) is 5.32 Å². The second-order valence-corrected chi connectivity index (χ2v) is 4.89. The van der Waals surface area contributed by atoms with Crippen LogP contribution in [-0.2, 0) is 11.2 Å². The summed E-state index contributed by atoms with van der Waals surface area (Å²) in [5.74, 6) is 0.237. The number of aromatic amines is 1. The van der Waals surface area contributed by atoms with Crippen LogP contribution in [-0.4, -0.2) is 22.1 Å². The molecule has 1 aromatic carbocycles. The van der Waals surface area contributed by atoms with Crippen LogP contribution < -0.4 is 11.1 Å². The maximum absolute atomic E-state index is 11.5. The number of nitrogens with zero attached hydrogens (tertiary/aromatic N) is 1. The van der Waals surface area contributed by atoms with Crippen LogP contribution in [0, 0.1) is 0 Å². The van der Waals surface area contributed by atoms with Crippen LogP contribution in [0.5, 0.6) is 0 Å². The first kappa shape index (κ1) is 14.3. The van der Waals surface area contributed by atoms with E-state index >= 15 is 0 Å². The Morgan fingerprint density at radius 3 is 2.70 bits per heavy atom. The quantitative estimate of drug-likeness (QED) is 0.781. The third-order valence-electron chi connectivity index (χ3n) is 3.05. The van der Waals surface area contributed by atoms with E-state index in [0.29, 0.717) is 5.82 Å². The molecule has 0 aliphatic rings. The summed E-state index contributed by atoms with van der Waals surface area (Å²) in [6, 6.07) is 9.57. The second kappa shape index (κ2) is 6.34. The molecule has 0 saturated carbocycles. The average molecular weight is 272 g/mol. The lowest BCUT2D eigenvalue weighted by atomic mass is 10.1. The lowest BCUT2D eigenvalue weighted by Crippen LogP contribution is -2.32. The smallest absolute Gasteiger partial charge is 0.242 e. The molecule has 0 radical (unpaired) electrons. The lowest BCUT2D eigenvalue weighted by Gasteiger charge is -2.03. The Morgan fingerprint density at radius 1 is 1.40 bits per heavy atom. The largest absolute Gasteiger partial charge is 0.320 e. The number of hydrogen-bond acceptors (Lipinski definition) is 3. The summed E-state index contributed by atoms with van der Waals surface area (Å²) < 4.78 is 0. The Bertz CT molecular complexity index is 572. The number of carbonyl (C=O) groups is 1.